The number of amides is 1. The highest BCUT2D eigenvalue weighted by atomic mass is 16.2. The van der Waals surface area contributed by atoms with Gasteiger partial charge in [-0.15, -0.1) is 0 Å². The normalized spacial score (nSPS) is 18.8. The molecule has 1 aliphatic heterocycles. The molecule has 0 aromatic heterocycles. The van der Waals surface area contributed by atoms with Crippen LogP contribution in [0.25, 0.3) is 6.08 Å². The van der Waals surface area contributed by atoms with Crippen molar-refractivity contribution in [3.05, 3.63) is 41.5 Å². The van der Waals surface area contributed by atoms with E-state index in [1.165, 1.54) is 17.5 Å². The van der Waals surface area contributed by atoms with E-state index in [0.29, 0.717) is 18.2 Å². The molecule has 1 fully saturated rings. The van der Waals surface area contributed by atoms with Crippen LogP contribution in [0.1, 0.15) is 70.9 Å². The third-order valence-electron chi connectivity index (χ3n) is 5.31. The first-order valence-electron chi connectivity index (χ1n) is 9.62. The topological polar surface area (TPSA) is 20.3 Å². The van der Waals surface area contributed by atoms with Gasteiger partial charge < -0.3 is 4.90 Å². The van der Waals surface area contributed by atoms with E-state index in [2.05, 4.69) is 69.0 Å². The van der Waals surface area contributed by atoms with E-state index in [9.17, 15) is 4.79 Å². The molecule has 3 rings (SSSR count). The first kappa shape index (κ1) is 18.8. The first-order chi connectivity index (χ1) is 11.6. The number of benzene rings is 1. The molecule has 1 atom stereocenters. The van der Waals surface area contributed by atoms with Crippen LogP contribution in [0.15, 0.2) is 30.3 Å². The van der Waals surface area contributed by atoms with Crippen LogP contribution in [0.3, 0.4) is 0 Å². The Morgan fingerprint density at radius 2 is 1.79 bits per heavy atom. The Balaban J connectivity index is 0.000000647. The summed E-state index contributed by atoms with van der Waals surface area (Å²) >= 11 is 0. The Kier molecular flexibility index (Phi) is 6.65. The summed E-state index contributed by atoms with van der Waals surface area (Å²) in [4.78, 5) is 14.4. The summed E-state index contributed by atoms with van der Waals surface area (Å²) in [5, 5.41) is 0. The Labute approximate surface area is 147 Å². The highest BCUT2D eigenvalue weighted by molar-refractivity contribution is 5.77. The van der Waals surface area contributed by atoms with E-state index < -0.39 is 0 Å². The lowest BCUT2D eigenvalue weighted by Crippen LogP contribution is -2.44. The van der Waals surface area contributed by atoms with Crippen LogP contribution >= 0.6 is 0 Å². The van der Waals surface area contributed by atoms with Gasteiger partial charge in [0.05, 0.1) is 0 Å². The van der Waals surface area contributed by atoms with Gasteiger partial charge in [-0.05, 0) is 29.9 Å². The summed E-state index contributed by atoms with van der Waals surface area (Å²) in [6, 6.07) is 8.69. The molecule has 24 heavy (non-hydrogen) atoms. The summed E-state index contributed by atoms with van der Waals surface area (Å²) in [5.41, 5.74) is 3.00. The molecule has 1 aromatic rings. The van der Waals surface area contributed by atoms with Crippen molar-refractivity contribution in [2.75, 3.05) is 13.1 Å². The van der Waals surface area contributed by atoms with Crippen LogP contribution in [0.4, 0.5) is 0 Å². The molecule has 1 heterocycles. The van der Waals surface area contributed by atoms with Crippen molar-refractivity contribution < 1.29 is 4.79 Å². The minimum atomic E-state index is 0.184. The molecule has 0 radical (unpaired) electrons. The number of rotatable bonds is 3. The molecule has 1 amide bonds. The zero-order valence-electron chi connectivity index (χ0n) is 15.8. The number of carbonyl (C=O) groups is 1. The maximum atomic E-state index is 12.3. The van der Waals surface area contributed by atoms with Gasteiger partial charge in [0.15, 0.2) is 0 Å². The Bertz CT molecular complexity index is 567. The van der Waals surface area contributed by atoms with Crippen molar-refractivity contribution in [3.63, 3.8) is 0 Å². The maximum Gasteiger partial charge on any atom is 0.222 e. The maximum absolute atomic E-state index is 12.3. The third-order valence-corrected chi connectivity index (χ3v) is 5.31. The van der Waals surface area contributed by atoms with Crippen LogP contribution in [0.2, 0.25) is 0 Å². The number of carbonyl (C=O) groups excluding carboxylic acids is 1. The van der Waals surface area contributed by atoms with Crippen LogP contribution < -0.4 is 0 Å². The van der Waals surface area contributed by atoms with E-state index in [0.717, 1.165) is 32.4 Å². The van der Waals surface area contributed by atoms with E-state index in [1.807, 2.05) is 0 Å². The third kappa shape index (κ3) is 4.09. The van der Waals surface area contributed by atoms with Crippen LogP contribution in [-0.2, 0) is 10.2 Å². The lowest BCUT2D eigenvalue weighted by atomic mass is 9.74. The van der Waals surface area contributed by atoms with Crippen molar-refractivity contribution >= 4 is 12.0 Å². The predicted molar refractivity (Wildman–Crippen MR) is 103 cm³/mol. The van der Waals surface area contributed by atoms with Gasteiger partial charge in [-0.25, -0.2) is 0 Å². The fourth-order valence-electron chi connectivity index (χ4n) is 3.60. The average molecular weight is 328 g/mol. The molecular formula is C22H33NO. The Morgan fingerprint density at radius 3 is 2.42 bits per heavy atom. The van der Waals surface area contributed by atoms with Gasteiger partial charge in [0.1, 0.15) is 0 Å². The van der Waals surface area contributed by atoms with Gasteiger partial charge in [-0.1, -0.05) is 77.0 Å². The largest absolute Gasteiger partial charge is 0.343 e. The molecule has 0 unspecified atom stereocenters. The second kappa shape index (κ2) is 8.50. The van der Waals surface area contributed by atoms with E-state index in [-0.39, 0.29) is 5.41 Å². The number of hydrogen-bond acceptors (Lipinski definition) is 1. The van der Waals surface area contributed by atoms with Crippen LogP contribution in [-0.4, -0.2) is 23.9 Å². The summed E-state index contributed by atoms with van der Waals surface area (Å²) in [5.74, 6) is 0.843. The minimum absolute atomic E-state index is 0.184. The molecule has 0 N–H and O–H groups in total. The SMILES string of the molecule is CCC.CC[C@H](C)CC(=O)N1CCC2(C=Cc3ccccc32)CC1. The average Bonchev–Trinajstić information content (AvgIpc) is 2.95. The van der Waals surface area contributed by atoms with Crippen molar-refractivity contribution in [1.29, 1.82) is 0 Å². The van der Waals surface area contributed by atoms with Crippen molar-refractivity contribution in [2.45, 2.75) is 65.2 Å². The number of allylic oxidation sites excluding steroid dienone is 1. The molecule has 0 bridgehead atoms. The molecule has 1 saturated heterocycles. The second-order valence-electron chi connectivity index (χ2n) is 7.38. The molecule has 1 aromatic carbocycles. The van der Waals surface area contributed by atoms with E-state index in [1.54, 1.807) is 0 Å². The number of hydrogen-bond donors (Lipinski definition) is 0. The zero-order chi connectivity index (χ0) is 17.6. The van der Waals surface area contributed by atoms with Crippen LogP contribution in [0, 0.1) is 5.92 Å². The summed E-state index contributed by atoms with van der Waals surface area (Å²) in [6.45, 7) is 10.4. The van der Waals surface area contributed by atoms with E-state index >= 15 is 0 Å². The van der Waals surface area contributed by atoms with Gasteiger partial charge in [-0.3, -0.25) is 4.79 Å². The number of fused-ring (bicyclic) bond motifs is 2. The van der Waals surface area contributed by atoms with Crippen molar-refractivity contribution in [3.8, 4) is 0 Å². The fourth-order valence-corrected chi connectivity index (χ4v) is 3.60. The number of piperidine rings is 1. The summed E-state index contributed by atoms with van der Waals surface area (Å²) in [7, 11) is 0. The van der Waals surface area contributed by atoms with Gasteiger partial charge >= 0.3 is 0 Å². The molecular weight excluding hydrogens is 294 g/mol. The molecule has 0 saturated carbocycles. The van der Waals surface area contributed by atoms with Crippen molar-refractivity contribution in [1.82, 2.24) is 4.90 Å². The molecule has 2 nitrogen and oxygen atoms in total. The lowest BCUT2D eigenvalue weighted by molar-refractivity contribution is -0.133. The minimum Gasteiger partial charge on any atom is -0.343 e. The smallest absolute Gasteiger partial charge is 0.222 e. The molecule has 2 aliphatic rings. The monoisotopic (exact) mass is 327 g/mol. The van der Waals surface area contributed by atoms with Crippen LogP contribution in [0.5, 0.6) is 0 Å². The van der Waals surface area contributed by atoms with Gasteiger partial charge in [0.25, 0.3) is 0 Å². The number of nitrogens with zero attached hydrogens (tertiary/aromatic N) is 1. The Morgan fingerprint density at radius 1 is 1.17 bits per heavy atom. The highest BCUT2D eigenvalue weighted by Gasteiger charge is 2.38. The standard InChI is InChI=1S/C19H25NO.C3H8/c1-3-15(2)14-18(21)20-12-10-19(11-13-20)9-8-16-6-4-5-7-17(16)19;1-3-2/h4-9,15H,3,10-14H2,1-2H3;3H2,1-2H3/t15-;/m0./s1. The summed E-state index contributed by atoms with van der Waals surface area (Å²) in [6.07, 6.45) is 9.79. The zero-order valence-corrected chi connectivity index (χ0v) is 15.8. The highest BCUT2D eigenvalue weighted by Crippen LogP contribution is 2.43. The quantitative estimate of drug-likeness (QED) is 0.725. The molecule has 1 aliphatic carbocycles. The first-order valence-corrected chi connectivity index (χ1v) is 9.62. The summed E-state index contributed by atoms with van der Waals surface area (Å²) < 4.78 is 0. The lowest BCUT2D eigenvalue weighted by Gasteiger charge is -2.39. The van der Waals surface area contributed by atoms with E-state index in [4.69, 9.17) is 0 Å². The fraction of sp³-hybridized carbons (Fsp3) is 0.591. The molecule has 132 valence electrons. The molecule has 2 heteroatoms. The predicted octanol–water partition coefficient (Wildman–Crippen LogP) is 5.43. The second-order valence-corrected chi connectivity index (χ2v) is 7.38. The number of likely N-dealkylation sites (tertiary alicyclic amines) is 1. The Hall–Kier alpha value is -1.57. The van der Waals surface area contributed by atoms with Gasteiger partial charge in [-0.2, -0.15) is 0 Å². The molecule has 1 spiro atoms. The van der Waals surface area contributed by atoms with Gasteiger partial charge in [0, 0.05) is 24.9 Å². The van der Waals surface area contributed by atoms with Gasteiger partial charge in [0.2, 0.25) is 5.91 Å². The van der Waals surface area contributed by atoms with Crippen molar-refractivity contribution in [2.24, 2.45) is 5.92 Å².